The molecule has 0 aromatic carbocycles. The fraction of sp³-hybridized carbons (Fsp3) is 0.951. The molecule has 0 rings (SSSR count). The zero-order valence-electron chi connectivity index (χ0n) is 66.1. The molecule has 0 saturated heterocycles. The van der Waals surface area contributed by atoms with Crippen LogP contribution in [0.2, 0.25) is 0 Å². The Labute approximate surface area is 619 Å². The van der Waals surface area contributed by atoms with Gasteiger partial charge in [-0.3, -0.25) is 37.3 Å². The predicted octanol–water partition coefficient (Wildman–Crippen LogP) is 24.8. The van der Waals surface area contributed by atoms with Gasteiger partial charge in [-0.05, 0) is 31.6 Å². The van der Waals surface area contributed by atoms with Crippen molar-refractivity contribution >= 4 is 39.5 Å². The van der Waals surface area contributed by atoms with Crippen molar-refractivity contribution in [2.75, 3.05) is 39.6 Å². The summed E-state index contributed by atoms with van der Waals surface area (Å²) < 4.78 is 68.8. The van der Waals surface area contributed by atoms with E-state index in [1.807, 2.05) is 0 Å². The number of hydrogen-bond acceptors (Lipinski definition) is 15. The molecule has 0 heterocycles. The normalized spacial score (nSPS) is 13.8. The number of phosphoric acid groups is 2. The lowest BCUT2D eigenvalue weighted by molar-refractivity contribution is -0.161. The van der Waals surface area contributed by atoms with Crippen LogP contribution in [0, 0.1) is 5.92 Å². The van der Waals surface area contributed by atoms with Crippen LogP contribution < -0.4 is 0 Å². The van der Waals surface area contributed by atoms with Crippen LogP contribution in [0.15, 0.2) is 0 Å². The van der Waals surface area contributed by atoms with Crippen LogP contribution in [0.4, 0.5) is 0 Å². The highest BCUT2D eigenvalue weighted by molar-refractivity contribution is 7.47. The number of aliphatic hydroxyl groups excluding tert-OH is 1. The Balaban J connectivity index is 5.26. The summed E-state index contributed by atoms with van der Waals surface area (Å²) in [6.07, 6.45) is 66.4. The Bertz CT molecular complexity index is 1930. The van der Waals surface area contributed by atoms with Crippen LogP contribution in [0.3, 0.4) is 0 Å². The second kappa shape index (κ2) is 74.9. The highest BCUT2D eigenvalue weighted by atomic mass is 31.2. The molecule has 101 heavy (non-hydrogen) atoms. The van der Waals surface area contributed by atoms with E-state index in [0.717, 1.165) is 95.8 Å². The molecule has 0 saturated carbocycles. The minimum atomic E-state index is -4.96. The maximum Gasteiger partial charge on any atom is 0.472 e. The number of esters is 4. The van der Waals surface area contributed by atoms with Crippen LogP contribution in [0.25, 0.3) is 0 Å². The van der Waals surface area contributed by atoms with Gasteiger partial charge < -0.3 is 33.8 Å². The van der Waals surface area contributed by atoms with Gasteiger partial charge in [-0.15, -0.1) is 0 Å². The van der Waals surface area contributed by atoms with E-state index in [4.69, 9.17) is 37.0 Å². The molecule has 3 N–H and O–H groups in total. The summed E-state index contributed by atoms with van der Waals surface area (Å²) in [5.41, 5.74) is 0. The standard InChI is InChI=1S/C82H160O17P2/c1-6-9-12-15-18-21-24-27-29-30-31-32-33-36-43-48-53-58-63-68-82(87)99-78(72-93-80(85)66-61-56-51-46-41-38-37-39-44-49-54-59-64-75(4)5)74-97-101(90,91)95-70-76(83)69-94-100(88,89)96-73-77(71-92-79(84)65-60-55-50-45-40-34-26-23-20-17-14-11-8-3)98-81(86)67-62-57-52-47-42-35-28-25-22-19-16-13-10-7-2/h75-78,83H,6-74H2,1-5H3,(H,88,89)(H,90,91)/t76-,77+,78+/m0/s1. The summed E-state index contributed by atoms with van der Waals surface area (Å²) in [4.78, 5) is 73.1. The van der Waals surface area contributed by atoms with Gasteiger partial charge in [0.25, 0.3) is 0 Å². The van der Waals surface area contributed by atoms with Crippen molar-refractivity contribution in [3.63, 3.8) is 0 Å². The fourth-order valence-electron chi connectivity index (χ4n) is 12.8. The predicted molar refractivity (Wildman–Crippen MR) is 414 cm³/mol. The maximum absolute atomic E-state index is 13.1. The lowest BCUT2D eigenvalue weighted by Crippen LogP contribution is -2.30. The van der Waals surface area contributed by atoms with Gasteiger partial charge in [-0.2, -0.15) is 0 Å². The number of hydrogen-bond donors (Lipinski definition) is 3. The first kappa shape index (κ1) is 99.1. The molecule has 0 aromatic rings. The van der Waals surface area contributed by atoms with Crippen LogP contribution in [0.5, 0.6) is 0 Å². The van der Waals surface area contributed by atoms with E-state index in [9.17, 15) is 43.2 Å². The number of rotatable bonds is 82. The number of unbranched alkanes of at least 4 members (excludes halogenated alkanes) is 54. The molecule has 0 aromatic heterocycles. The first-order chi connectivity index (χ1) is 49.0. The Kier molecular flexibility index (Phi) is 73.5. The Morgan fingerprint density at radius 1 is 0.267 bits per heavy atom. The lowest BCUT2D eigenvalue weighted by Gasteiger charge is -2.21. The molecule has 5 atom stereocenters. The van der Waals surface area contributed by atoms with E-state index in [2.05, 4.69) is 34.6 Å². The molecule has 0 aliphatic heterocycles. The van der Waals surface area contributed by atoms with Gasteiger partial charge in [0.05, 0.1) is 26.4 Å². The number of carbonyl (C=O) groups is 4. The van der Waals surface area contributed by atoms with Gasteiger partial charge in [0.1, 0.15) is 19.3 Å². The monoisotopic (exact) mass is 1480 g/mol. The molecule has 0 spiro atoms. The molecular formula is C82H160O17P2. The van der Waals surface area contributed by atoms with Crippen LogP contribution in [-0.4, -0.2) is 96.7 Å². The fourth-order valence-corrected chi connectivity index (χ4v) is 14.3. The summed E-state index contributed by atoms with van der Waals surface area (Å²) in [6.45, 7) is 7.36. The van der Waals surface area contributed by atoms with Crippen LogP contribution in [0.1, 0.15) is 439 Å². The van der Waals surface area contributed by atoms with Gasteiger partial charge in [0, 0.05) is 25.7 Å². The lowest BCUT2D eigenvalue weighted by atomic mass is 10.0. The number of aliphatic hydroxyl groups is 1. The van der Waals surface area contributed by atoms with E-state index < -0.39 is 97.5 Å². The molecule has 0 amide bonds. The second-order valence-electron chi connectivity index (χ2n) is 30.0. The van der Waals surface area contributed by atoms with Gasteiger partial charge in [0.2, 0.25) is 0 Å². The van der Waals surface area contributed by atoms with E-state index >= 15 is 0 Å². The molecule has 0 radical (unpaired) electrons. The first-order valence-corrected chi connectivity index (χ1v) is 45.6. The van der Waals surface area contributed by atoms with Crippen molar-refractivity contribution in [1.29, 1.82) is 0 Å². The van der Waals surface area contributed by atoms with Crippen molar-refractivity contribution < 1.29 is 80.2 Å². The molecule has 0 aliphatic carbocycles. The summed E-state index contributed by atoms with van der Waals surface area (Å²) in [7, 11) is -9.92. The summed E-state index contributed by atoms with van der Waals surface area (Å²) in [5.74, 6) is -1.32. The maximum atomic E-state index is 13.1. The molecule has 19 heteroatoms. The van der Waals surface area contributed by atoms with Gasteiger partial charge in [-0.25, -0.2) is 9.13 Å². The first-order valence-electron chi connectivity index (χ1n) is 42.6. The van der Waals surface area contributed by atoms with E-state index in [1.165, 1.54) is 263 Å². The zero-order valence-corrected chi connectivity index (χ0v) is 67.8. The number of phosphoric ester groups is 2. The molecule has 0 aliphatic rings. The van der Waals surface area contributed by atoms with Gasteiger partial charge in [-0.1, -0.05) is 388 Å². The van der Waals surface area contributed by atoms with Crippen molar-refractivity contribution in [2.24, 2.45) is 5.92 Å². The molecule has 2 unspecified atom stereocenters. The van der Waals surface area contributed by atoms with Gasteiger partial charge >= 0.3 is 39.5 Å². The number of carbonyl (C=O) groups excluding carboxylic acids is 4. The Morgan fingerprint density at radius 3 is 0.673 bits per heavy atom. The highest BCUT2D eigenvalue weighted by Crippen LogP contribution is 2.45. The Hall–Kier alpha value is -1.94. The summed E-state index contributed by atoms with van der Waals surface area (Å²) in [6, 6.07) is 0. The molecule has 600 valence electrons. The summed E-state index contributed by atoms with van der Waals surface area (Å²) >= 11 is 0. The van der Waals surface area contributed by atoms with E-state index in [-0.39, 0.29) is 25.7 Å². The van der Waals surface area contributed by atoms with Crippen LogP contribution in [-0.2, 0) is 65.4 Å². The quantitative estimate of drug-likeness (QED) is 0.0222. The molecular weight excluding hydrogens is 1320 g/mol. The second-order valence-corrected chi connectivity index (χ2v) is 32.9. The Morgan fingerprint density at radius 2 is 0.455 bits per heavy atom. The zero-order chi connectivity index (χ0) is 74.1. The number of ether oxygens (including phenoxy) is 4. The van der Waals surface area contributed by atoms with Crippen molar-refractivity contribution in [2.45, 2.75) is 457 Å². The smallest absolute Gasteiger partial charge is 0.462 e. The average molecular weight is 1480 g/mol. The minimum Gasteiger partial charge on any atom is -0.462 e. The highest BCUT2D eigenvalue weighted by Gasteiger charge is 2.30. The third-order valence-corrected chi connectivity index (χ3v) is 21.2. The van der Waals surface area contributed by atoms with Crippen molar-refractivity contribution in [3.05, 3.63) is 0 Å². The molecule has 0 fully saturated rings. The van der Waals surface area contributed by atoms with Crippen molar-refractivity contribution in [1.82, 2.24) is 0 Å². The van der Waals surface area contributed by atoms with Crippen LogP contribution >= 0.6 is 15.6 Å². The molecule has 17 nitrogen and oxygen atoms in total. The average Bonchev–Trinajstić information content (AvgIpc) is 0.925. The van der Waals surface area contributed by atoms with E-state index in [0.29, 0.717) is 25.7 Å². The third kappa shape index (κ3) is 76.1. The largest absolute Gasteiger partial charge is 0.472 e. The molecule has 0 bridgehead atoms. The minimum absolute atomic E-state index is 0.109. The topological polar surface area (TPSA) is 237 Å². The van der Waals surface area contributed by atoms with Crippen molar-refractivity contribution in [3.8, 4) is 0 Å². The third-order valence-electron chi connectivity index (χ3n) is 19.3. The van der Waals surface area contributed by atoms with Gasteiger partial charge in [0.15, 0.2) is 12.2 Å². The SMILES string of the molecule is CCCCCCCCCCCCCCCCCCCCCC(=O)O[C@H](COC(=O)CCCCCCCCCCCCCCC(C)C)COP(=O)(O)OC[C@@H](O)COP(=O)(O)OC[C@@H](COC(=O)CCCCCCCCCCCCCCC)OC(=O)CCCCCCCCCCCCCCCC. The van der Waals surface area contributed by atoms with E-state index in [1.54, 1.807) is 0 Å². The summed E-state index contributed by atoms with van der Waals surface area (Å²) in [5, 5.41) is 10.7.